The maximum atomic E-state index is 12.1. The van der Waals surface area contributed by atoms with Crippen LogP contribution in [0.15, 0.2) is 34.9 Å². The maximum Gasteiger partial charge on any atom is 0.227 e. The van der Waals surface area contributed by atoms with Crippen molar-refractivity contribution in [2.75, 3.05) is 5.32 Å². The van der Waals surface area contributed by atoms with Crippen LogP contribution in [0, 0.1) is 12.8 Å². The minimum Gasteiger partial charge on any atom is -0.441 e. The van der Waals surface area contributed by atoms with Crippen molar-refractivity contribution in [3.63, 3.8) is 0 Å². The van der Waals surface area contributed by atoms with Gasteiger partial charge in [-0.25, -0.2) is 4.98 Å². The zero-order chi connectivity index (χ0) is 14.8. The van der Waals surface area contributed by atoms with E-state index >= 15 is 0 Å². The fourth-order valence-corrected chi connectivity index (χ4v) is 2.71. The molecule has 1 amide bonds. The highest BCUT2D eigenvalue weighted by atomic mass is 35.5. The highest BCUT2D eigenvalue weighted by Gasteiger charge is 2.27. The number of nitrogens with one attached hydrogen (secondary N) is 1. The van der Waals surface area contributed by atoms with Crippen molar-refractivity contribution >= 4 is 24.0 Å². The summed E-state index contributed by atoms with van der Waals surface area (Å²) in [6.45, 7) is 1.81. The first-order chi connectivity index (χ1) is 10.1. The number of oxazole rings is 1. The van der Waals surface area contributed by atoms with E-state index in [4.69, 9.17) is 10.2 Å². The van der Waals surface area contributed by atoms with E-state index in [9.17, 15) is 4.79 Å². The number of hydrogen-bond acceptors (Lipinski definition) is 4. The Bertz CT molecular complexity index is 639. The number of aromatic nitrogens is 1. The number of benzene rings is 1. The Hall–Kier alpha value is -1.85. The number of hydrogen-bond donors (Lipinski definition) is 2. The van der Waals surface area contributed by atoms with Gasteiger partial charge in [-0.3, -0.25) is 4.79 Å². The molecule has 1 aliphatic rings. The fourth-order valence-electron chi connectivity index (χ4n) is 2.71. The Morgan fingerprint density at radius 2 is 2.05 bits per heavy atom. The molecule has 2 unspecified atom stereocenters. The van der Waals surface area contributed by atoms with E-state index in [0.29, 0.717) is 5.89 Å². The predicted molar refractivity (Wildman–Crippen MR) is 87.9 cm³/mol. The molecule has 2 aromatic rings. The van der Waals surface area contributed by atoms with Crippen LogP contribution in [0.1, 0.15) is 25.2 Å². The van der Waals surface area contributed by atoms with Gasteiger partial charge in [0.1, 0.15) is 0 Å². The summed E-state index contributed by atoms with van der Waals surface area (Å²) in [5, 5.41) is 2.95. The largest absolute Gasteiger partial charge is 0.441 e. The number of nitrogens with two attached hydrogens (primary N) is 1. The summed E-state index contributed by atoms with van der Waals surface area (Å²) in [7, 11) is 0. The van der Waals surface area contributed by atoms with Gasteiger partial charge < -0.3 is 15.5 Å². The standard InChI is InChI=1S/C16H19N3O2.ClH/c1-10-18-9-15(21-10)11-3-6-14(7-4-11)19-16(20)12-2-5-13(17)8-12;/h3-4,6-7,9,12-13H,2,5,8,17H2,1H3,(H,19,20);1H. The van der Waals surface area contributed by atoms with E-state index in [0.717, 1.165) is 36.3 Å². The van der Waals surface area contributed by atoms with Gasteiger partial charge >= 0.3 is 0 Å². The van der Waals surface area contributed by atoms with E-state index in [-0.39, 0.29) is 30.3 Å². The average Bonchev–Trinajstić information content (AvgIpc) is 3.08. The summed E-state index contributed by atoms with van der Waals surface area (Å²) in [5.41, 5.74) is 7.58. The summed E-state index contributed by atoms with van der Waals surface area (Å²) in [5.74, 6) is 1.47. The molecule has 1 aromatic heterocycles. The summed E-state index contributed by atoms with van der Waals surface area (Å²) in [6, 6.07) is 7.74. The molecule has 2 atom stereocenters. The van der Waals surface area contributed by atoms with E-state index < -0.39 is 0 Å². The Kier molecular flexibility index (Phi) is 5.21. The van der Waals surface area contributed by atoms with Gasteiger partial charge in [0.05, 0.1) is 6.20 Å². The molecule has 22 heavy (non-hydrogen) atoms. The second-order valence-corrected chi connectivity index (χ2v) is 5.58. The van der Waals surface area contributed by atoms with Crippen LogP contribution in [0.3, 0.4) is 0 Å². The summed E-state index contributed by atoms with van der Waals surface area (Å²) >= 11 is 0. The number of halogens is 1. The highest BCUT2D eigenvalue weighted by Crippen LogP contribution is 2.26. The molecule has 118 valence electrons. The number of rotatable bonds is 3. The minimum absolute atomic E-state index is 0. The molecule has 1 heterocycles. The average molecular weight is 322 g/mol. The Morgan fingerprint density at radius 1 is 1.32 bits per heavy atom. The molecule has 0 saturated heterocycles. The SMILES string of the molecule is Cc1ncc(-c2ccc(NC(=O)C3CCC(N)C3)cc2)o1.Cl. The van der Waals surface area contributed by atoms with E-state index in [1.807, 2.05) is 31.2 Å². The molecule has 5 nitrogen and oxygen atoms in total. The van der Waals surface area contributed by atoms with Crippen molar-refractivity contribution in [2.45, 2.75) is 32.2 Å². The molecule has 1 fully saturated rings. The Labute approximate surface area is 135 Å². The van der Waals surface area contributed by atoms with E-state index in [1.165, 1.54) is 0 Å². The third-order valence-electron chi connectivity index (χ3n) is 3.90. The van der Waals surface area contributed by atoms with Gasteiger partial charge in [-0.05, 0) is 43.5 Å². The summed E-state index contributed by atoms with van der Waals surface area (Å²) in [4.78, 5) is 16.2. The van der Waals surface area contributed by atoms with Gasteiger partial charge in [0.15, 0.2) is 11.7 Å². The van der Waals surface area contributed by atoms with Crippen LogP contribution in [0.2, 0.25) is 0 Å². The molecule has 1 saturated carbocycles. The summed E-state index contributed by atoms with van der Waals surface area (Å²) in [6.07, 6.45) is 4.29. The number of aryl methyl sites for hydroxylation is 1. The van der Waals surface area contributed by atoms with Crippen molar-refractivity contribution in [1.29, 1.82) is 0 Å². The lowest BCUT2D eigenvalue weighted by molar-refractivity contribution is -0.119. The van der Waals surface area contributed by atoms with Crippen LogP contribution >= 0.6 is 12.4 Å². The number of nitrogens with zero attached hydrogens (tertiary/aromatic N) is 1. The van der Waals surface area contributed by atoms with Gasteiger partial charge in [0.25, 0.3) is 0 Å². The molecule has 1 aliphatic carbocycles. The molecule has 0 aliphatic heterocycles. The third-order valence-corrected chi connectivity index (χ3v) is 3.90. The Balaban J connectivity index is 0.00000176. The van der Waals surface area contributed by atoms with E-state index in [2.05, 4.69) is 10.3 Å². The first kappa shape index (κ1) is 16.5. The first-order valence-electron chi connectivity index (χ1n) is 7.21. The Morgan fingerprint density at radius 3 is 2.59 bits per heavy atom. The number of anilines is 1. The van der Waals surface area contributed by atoms with E-state index in [1.54, 1.807) is 6.20 Å². The van der Waals surface area contributed by atoms with Crippen LogP contribution in [0.5, 0.6) is 0 Å². The van der Waals surface area contributed by atoms with Gasteiger partial charge in [-0.15, -0.1) is 12.4 Å². The second kappa shape index (κ2) is 6.94. The lowest BCUT2D eigenvalue weighted by atomic mass is 10.1. The van der Waals surface area contributed by atoms with Gasteiger partial charge in [-0.1, -0.05) is 0 Å². The number of carbonyl (C=O) groups is 1. The fraction of sp³-hybridized carbons (Fsp3) is 0.375. The van der Waals surface area contributed by atoms with Crippen LogP contribution in [0.25, 0.3) is 11.3 Å². The lowest BCUT2D eigenvalue weighted by Crippen LogP contribution is -2.23. The molecule has 1 aromatic carbocycles. The lowest BCUT2D eigenvalue weighted by Gasteiger charge is -2.11. The van der Waals surface area contributed by atoms with Crippen molar-refractivity contribution in [1.82, 2.24) is 4.98 Å². The molecular formula is C16H20ClN3O2. The van der Waals surface area contributed by atoms with Crippen molar-refractivity contribution in [3.8, 4) is 11.3 Å². The van der Waals surface area contributed by atoms with Crippen LogP contribution in [0.4, 0.5) is 5.69 Å². The predicted octanol–water partition coefficient (Wildman–Crippen LogP) is 3.14. The van der Waals surface area contributed by atoms with Crippen LogP contribution < -0.4 is 11.1 Å². The number of carbonyl (C=O) groups excluding carboxylic acids is 1. The molecule has 6 heteroatoms. The quantitative estimate of drug-likeness (QED) is 0.910. The van der Waals surface area contributed by atoms with Crippen molar-refractivity contribution in [3.05, 3.63) is 36.4 Å². The molecule has 0 spiro atoms. The monoisotopic (exact) mass is 321 g/mol. The zero-order valence-electron chi connectivity index (χ0n) is 12.4. The molecule has 3 rings (SSSR count). The van der Waals surface area contributed by atoms with Crippen molar-refractivity contribution in [2.24, 2.45) is 11.7 Å². The molecular weight excluding hydrogens is 302 g/mol. The first-order valence-corrected chi connectivity index (χ1v) is 7.21. The smallest absolute Gasteiger partial charge is 0.227 e. The molecule has 0 radical (unpaired) electrons. The van der Waals surface area contributed by atoms with Gasteiger partial charge in [0.2, 0.25) is 5.91 Å². The van der Waals surface area contributed by atoms with Gasteiger partial charge in [-0.2, -0.15) is 0 Å². The maximum absolute atomic E-state index is 12.1. The second-order valence-electron chi connectivity index (χ2n) is 5.58. The van der Waals surface area contributed by atoms with Crippen LogP contribution in [-0.4, -0.2) is 16.9 Å². The summed E-state index contributed by atoms with van der Waals surface area (Å²) < 4.78 is 5.47. The van der Waals surface area contributed by atoms with Gasteiger partial charge in [0, 0.05) is 30.1 Å². The third kappa shape index (κ3) is 3.67. The normalized spacial score (nSPS) is 20.5. The highest BCUT2D eigenvalue weighted by molar-refractivity contribution is 5.93. The minimum atomic E-state index is 0. The zero-order valence-corrected chi connectivity index (χ0v) is 13.2. The molecule has 3 N–H and O–H groups in total. The molecule has 0 bridgehead atoms. The topological polar surface area (TPSA) is 81.2 Å². The number of amides is 1. The van der Waals surface area contributed by atoms with Crippen molar-refractivity contribution < 1.29 is 9.21 Å². The van der Waals surface area contributed by atoms with Crippen LogP contribution in [-0.2, 0) is 4.79 Å².